The summed E-state index contributed by atoms with van der Waals surface area (Å²) in [6.45, 7) is 0.164. The lowest BCUT2D eigenvalue weighted by molar-refractivity contribution is -0.384. The van der Waals surface area contributed by atoms with Crippen molar-refractivity contribution in [3.05, 3.63) is 56.5 Å². The van der Waals surface area contributed by atoms with Gasteiger partial charge in [0.1, 0.15) is 5.82 Å². The van der Waals surface area contributed by atoms with Gasteiger partial charge in [-0.1, -0.05) is 12.1 Å². The number of ether oxygens (including phenoxy) is 1. The standard InChI is InChI=1S/C12H11N3O4/c1-19-7-8-6-11(16)14-12(13-8)9-4-2-3-5-10(9)15(17)18/h2-6H,7H2,1H3,(H,13,14,16). The fourth-order valence-corrected chi connectivity index (χ4v) is 1.69. The number of hydrogen-bond acceptors (Lipinski definition) is 5. The molecular formula is C12H11N3O4. The number of nitrogens with one attached hydrogen (secondary N) is 1. The van der Waals surface area contributed by atoms with E-state index in [0.29, 0.717) is 5.69 Å². The molecule has 7 nitrogen and oxygen atoms in total. The van der Waals surface area contributed by atoms with Crippen LogP contribution in [-0.4, -0.2) is 22.0 Å². The van der Waals surface area contributed by atoms with Gasteiger partial charge in [-0.3, -0.25) is 14.9 Å². The molecule has 1 aromatic carbocycles. The van der Waals surface area contributed by atoms with Crippen LogP contribution in [0.5, 0.6) is 0 Å². The SMILES string of the molecule is COCc1cc(=O)[nH]c(-c2ccccc2[N+](=O)[O-])n1. The van der Waals surface area contributed by atoms with Crippen LogP contribution in [0.3, 0.4) is 0 Å². The summed E-state index contributed by atoms with van der Waals surface area (Å²) in [5.74, 6) is 0.159. The summed E-state index contributed by atoms with van der Waals surface area (Å²) in [6.07, 6.45) is 0. The second-order valence-corrected chi connectivity index (χ2v) is 3.79. The van der Waals surface area contributed by atoms with Crippen LogP contribution in [0.25, 0.3) is 11.4 Å². The third-order valence-electron chi connectivity index (χ3n) is 2.44. The zero-order valence-corrected chi connectivity index (χ0v) is 10.1. The molecule has 0 radical (unpaired) electrons. The lowest BCUT2D eigenvalue weighted by Gasteiger charge is -2.04. The van der Waals surface area contributed by atoms with E-state index in [0.717, 1.165) is 0 Å². The Hall–Kier alpha value is -2.54. The van der Waals surface area contributed by atoms with E-state index < -0.39 is 4.92 Å². The summed E-state index contributed by atoms with van der Waals surface area (Å²) < 4.78 is 4.90. The number of nitro groups is 1. The molecule has 0 aliphatic rings. The number of benzene rings is 1. The Balaban J connectivity index is 2.59. The molecule has 0 spiro atoms. The van der Waals surface area contributed by atoms with Gasteiger partial charge in [-0.2, -0.15) is 0 Å². The van der Waals surface area contributed by atoms with Gasteiger partial charge in [0, 0.05) is 19.2 Å². The second-order valence-electron chi connectivity index (χ2n) is 3.79. The molecule has 0 fully saturated rings. The molecule has 0 bridgehead atoms. The van der Waals surface area contributed by atoms with E-state index >= 15 is 0 Å². The topological polar surface area (TPSA) is 98.1 Å². The number of methoxy groups -OCH3 is 1. The molecule has 1 heterocycles. The number of para-hydroxylation sites is 1. The number of nitrogens with zero attached hydrogens (tertiary/aromatic N) is 2. The number of aromatic amines is 1. The maximum Gasteiger partial charge on any atom is 0.280 e. The van der Waals surface area contributed by atoms with Gasteiger partial charge in [0.15, 0.2) is 0 Å². The third-order valence-corrected chi connectivity index (χ3v) is 2.44. The van der Waals surface area contributed by atoms with Crippen LogP contribution in [-0.2, 0) is 11.3 Å². The van der Waals surface area contributed by atoms with Gasteiger partial charge in [-0.25, -0.2) is 4.98 Å². The van der Waals surface area contributed by atoms with Crippen molar-refractivity contribution < 1.29 is 9.66 Å². The minimum atomic E-state index is -0.516. The normalized spacial score (nSPS) is 10.4. The highest BCUT2D eigenvalue weighted by atomic mass is 16.6. The van der Waals surface area contributed by atoms with Gasteiger partial charge < -0.3 is 9.72 Å². The zero-order chi connectivity index (χ0) is 13.8. The average Bonchev–Trinajstić information content (AvgIpc) is 2.38. The van der Waals surface area contributed by atoms with E-state index in [1.807, 2.05) is 0 Å². The summed E-state index contributed by atoms with van der Waals surface area (Å²) in [6, 6.07) is 7.39. The maximum absolute atomic E-state index is 11.5. The molecule has 0 aliphatic carbocycles. The predicted molar refractivity (Wildman–Crippen MR) is 67.7 cm³/mol. The first-order valence-corrected chi connectivity index (χ1v) is 5.45. The number of rotatable bonds is 4. The fourth-order valence-electron chi connectivity index (χ4n) is 1.69. The Morgan fingerprint density at radius 1 is 1.42 bits per heavy atom. The van der Waals surface area contributed by atoms with Crippen LogP contribution >= 0.6 is 0 Å². The molecule has 0 atom stereocenters. The van der Waals surface area contributed by atoms with Crippen LogP contribution in [0, 0.1) is 10.1 Å². The molecular weight excluding hydrogens is 250 g/mol. The molecule has 1 N–H and O–H groups in total. The first-order chi connectivity index (χ1) is 9.11. The summed E-state index contributed by atoms with van der Waals surface area (Å²) in [5.41, 5.74) is 0.192. The van der Waals surface area contributed by atoms with Gasteiger partial charge in [0.25, 0.3) is 11.2 Å². The molecule has 7 heteroatoms. The average molecular weight is 261 g/mol. The van der Waals surface area contributed by atoms with Crippen LogP contribution in [0.15, 0.2) is 35.1 Å². The molecule has 0 aliphatic heterocycles. The van der Waals surface area contributed by atoms with Crippen molar-refractivity contribution in [2.75, 3.05) is 7.11 Å². The highest BCUT2D eigenvalue weighted by molar-refractivity contribution is 5.67. The molecule has 98 valence electrons. The van der Waals surface area contributed by atoms with Gasteiger partial charge in [-0.05, 0) is 6.07 Å². The Labute approximate surface area is 108 Å². The van der Waals surface area contributed by atoms with Gasteiger partial charge >= 0.3 is 0 Å². The number of nitro benzene ring substituents is 1. The van der Waals surface area contributed by atoms with Crippen molar-refractivity contribution in [2.45, 2.75) is 6.61 Å². The van der Waals surface area contributed by atoms with Gasteiger partial charge in [-0.15, -0.1) is 0 Å². The molecule has 2 aromatic rings. The van der Waals surface area contributed by atoms with E-state index in [-0.39, 0.29) is 29.2 Å². The number of hydrogen-bond donors (Lipinski definition) is 1. The van der Waals surface area contributed by atoms with Gasteiger partial charge in [0.2, 0.25) is 0 Å². The molecule has 0 unspecified atom stereocenters. The molecule has 0 saturated carbocycles. The molecule has 0 amide bonds. The van der Waals surface area contributed by atoms with Crippen molar-refractivity contribution in [2.24, 2.45) is 0 Å². The molecule has 19 heavy (non-hydrogen) atoms. The summed E-state index contributed by atoms with van der Waals surface area (Å²) >= 11 is 0. The Morgan fingerprint density at radius 3 is 2.84 bits per heavy atom. The summed E-state index contributed by atoms with van der Waals surface area (Å²) in [4.78, 5) is 28.6. The third kappa shape index (κ3) is 2.83. The van der Waals surface area contributed by atoms with Crippen LogP contribution < -0.4 is 5.56 Å². The predicted octanol–water partition coefficient (Wildman–Crippen LogP) is 1.49. The van der Waals surface area contributed by atoms with Crippen molar-refractivity contribution >= 4 is 5.69 Å². The van der Waals surface area contributed by atoms with Crippen LogP contribution in [0.4, 0.5) is 5.69 Å². The second kappa shape index (κ2) is 5.40. The van der Waals surface area contributed by atoms with Crippen molar-refractivity contribution in [1.29, 1.82) is 0 Å². The summed E-state index contributed by atoms with van der Waals surface area (Å²) in [7, 11) is 1.48. The Kier molecular flexibility index (Phi) is 3.67. The number of aromatic nitrogens is 2. The highest BCUT2D eigenvalue weighted by Crippen LogP contribution is 2.26. The smallest absolute Gasteiger partial charge is 0.280 e. The molecule has 2 rings (SSSR count). The Bertz CT molecular complexity index is 666. The van der Waals surface area contributed by atoms with Crippen LogP contribution in [0.2, 0.25) is 0 Å². The fraction of sp³-hybridized carbons (Fsp3) is 0.167. The van der Waals surface area contributed by atoms with Crippen molar-refractivity contribution in [3.63, 3.8) is 0 Å². The first kappa shape index (κ1) is 12.9. The summed E-state index contributed by atoms with van der Waals surface area (Å²) in [5, 5.41) is 11.0. The first-order valence-electron chi connectivity index (χ1n) is 5.45. The van der Waals surface area contributed by atoms with Gasteiger partial charge in [0.05, 0.1) is 22.8 Å². The van der Waals surface area contributed by atoms with E-state index in [4.69, 9.17) is 4.74 Å². The van der Waals surface area contributed by atoms with Crippen molar-refractivity contribution in [1.82, 2.24) is 9.97 Å². The number of H-pyrrole nitrogens is 1. The van der Waals surface area contributed by atoms with Crippen LogP contribution in [0.1, 0.15) is 5.69 Å². The minimum Gasteiger partial charge on any atom is -0.378 e. The monoisotopic (exact) mass is 261 g/mol. The Morgan fingerprint density at radius 2 is 2.16 bits per heavy atom. The van der Waals surface area contributed by atoms with E-state index in [2.05, 4.69) is 9.97 Å². The molecule has 0 saturated heterocycles. The van der Waals surface area contributed by atoms with E-state index in [1.165, 1.54) is 25.3 Å². The van der Waals surface area contributed by atoms with Crippen molar-refractivity contribution in [3.8, 4) is 11.4 Å². The minimum absolute atomic E-state index is 0.111. The van der Waals surface area contributed by atoms with E-state index in [9.17, 15) is 14.9 Å². The zero-order valence-electron chi connectivity index (χ0n) is 10.1. The lowest BCUT2D eigenvalue weighted by atomic mass is 10.1. The van der Waals surface area contributed by atoms with E-state index in [1.54, 1.807) is 12.1 Å². The largest absolute Gasteiger partial charge is 0.378 e. The lowest BCUT2D eigenvalue weighted by Crippen LogP contribution is -2.11. The highest BCUT2D eigenvalue weighted by Gasteiger charge is 2.16. The maximum atomic E-state index is 11.5. The molecule has 1 aromatic heterocycles. The quantitative estimate of drug-likeness (QED) is 0.664.